The van der Waals surface area contributed by atoms with Crippen molar-refractivity contribution in [2.24, 2.45) is 0 Å². The van der Waals surface area contributed by atoms with E-state index >= 15 is 0 Å². The lowest BCUT2D eigenvalue weighted by Gasteiger charge is -2.21. The standard InChI is InChI=1S/C8H15N3O/c1-7(4-5-9)11(3)6-8(12)10-2/h7H,4,6H2,1-3H3,(H,10,12). The lowest BCUT2D eigenvalue weighted by Crippen LogP contribution is -2.37. The van der Waals surface area contributed by atoms with E-state index in [0.717, 1.165) is 0 Å². The van der Waals surface area contributed by atoms with Crippen LogP contribution in [0, 0.1) is 11.3 Å². The highest BCUT2D eigenvalue weighted by atomic mass is 16.1. The molecule has 0 aliphatic carbocycles. The molecule has 0 radical (unpaired) electrons. The summed E-state index contributed by atoms with van der Waals surface area (Å²) in [5, 5.41) is 10.9. The van der Waals surface area contributed by atoms with E-state index in [2.05, 4.69) is 11.4 Å². The summed E-state index contributed by atoms with van der Waals surface area (Å²) >= 11 is 0. The molecule has 4 heteroatoms. The molecule has 0 aliphatic rings. The molecular weight excluding hydrogens is 154 g/mol. The van der Waals surface area contributed by atoms with Gasteiger partial charge in [-0.1, -0.05) is 0 Å². The second-order valence-electron chi connectivity index (χ2n) is 2.80. The molecule has 1 N–H and O–H groups in total. The maximum atomic E-state index is 10.9. The Morgan fingerprint density at radius 1 is 1.75 bits per heavy atom. The monoisotopic (exact) mass is 169 g/mol. The molecule has 1 unspecified atom stereocenters. The van der Waals surface area contributed by atoms with E-state index in [1.807, 2.05) is 18.9 Å². The Labute approximate surface area is 73.2 Å². The molecule has 0 spiro atoms. The number of nitriles is 1. The molecule has 1 amide bonds. The van der Waals surface area contributed by atoms with E-state index in [4.69, 9.17) is 5.26 Å². The van der Waals surface area contributed by atoms with Crippen LogP contribution in [-0.4, -0.2) is 37.5 Å². The van der Waals surface area contributed by atoms with Crippen LogP contribution in [-0.2, 0) is 4.79 Å². The van der Waals surface area contributed by atoms with Crippen LogP contribution < -0.4 is 5.32 Å². The van der Waals surface area contributed by atoms with Crippen LogP contribution in [0.15, 0.2) is 0 Å². The number of nitrogens with one attached hydrogen (secondary N) is 1. The smallest absolute Gasteiger partial charge is 0.233 e. The van der Waals surface area contributed by atoms with Crippen molar-refractivity contribution >= 4 is 5.91 Å². The molecule has 0 saturated carbocycles. The van der Waals surface area contributed by atoms with Crippen molar-refractivity contribution in [3.63, 3.8) is 0 Å². The number of hydrogen-bond acceptors (Lipinski definition) is 3. The number of rotatable bonds is 4. The number of carbonyl (C=O) groups is 1. The fraction of sp³-hybridized carbons (Fsp3) is 0.750. The van der Waals surface area contributed by atoms with Gasteiger partial charge in [-0.25, -0.2) is 0 Å². The Kier molecular flexibility index (Phi) is 5.06. The molecule has 0 heterocycles. The highest BCUT2D eigenvalue weighted by Crippen LogP contribution is 1.98. The molecule has 0 saturated heterocycles. The van der Waals surface area contributed by atoms with E-state index in [1.165, 1.54) is 0 Å². The summed E-state index contributed by atoms with van der Waals surface area (Å²) in [5.74, 6) is -0.0257. The second-order valence-corrected chi connectivity index (χ2v) is 2.80. The molecule has 0 aromatic rings. The normalized spacial score (nSPS) is 12.2. The maximum Gasteiger partial charge on any atom is 0.233 e. The van der Waals surface area contributed by atoms with Gasteiger partial charge >= 0.3 is 0 Å². The quantitative estimate of drug-likeness (QED) is 0.642. The molecule has 0 fully saturated rings. The third-order valence-electron chi connectivity index (χ3n) is 1.81. The zero-order chi connectivity index (χ0) is 9.56. The van der Waals surface area contributed by atoms with E-state index in [9.17, 15) is 4.79 Å². The lowest BCUT2D eigenvalue weighted by molar-refractivity contribution is -0.121. The highest BCUT2D eigenvalue weighted by Gasteiger charge is 2.10. The number of amides is 1. The summed E-state index contributed by atoms with van der Waals surface area (Å²) in [6.45, 7) is 2.27. The van der Waals surface area contributed by atoms with Crippen LogP contribution in [0.3, 0.4) is 0 Å². The van der Waals surface area contributed by atoms with Crippen LogP contribution >= 0.6 is 0 Å². The van der Waals surface area contributed by atoms with Gasteiger partial charge in [0.25, 0.3) is 0 Å². The SMILES string of the molecule is CNC(=O)CN(C)C(C)CC#N. The predicted octanol–water partition coefficient (Wildman–Crippen LogP) is -0.0336. The van der Waals surface area contributed by atoms with Crippen LogP contribution in [0.2, 0.25) is 0 Å². The van der Waals surface area contributed by atoms with Crippen LogP contribution in [0.4, 0.5) is 0 Å². The Hall–Kier alpha value is -1.08. The Morgan fingerprint density at radius 3 is 2.75 bits per heavy atom. The fourth-order valence-electron chi connectivity index (χ4n) is 0.749. The maximum absolute atomic E-state index is 10.9. The fourth-order valence-corrected chi connectivity index (χ4v) is 0.749. The lowest BCUT2D eigenvalue weighted by atomic mass is 10.2. The Morgan fingerprint density at radius 2 is 2.33 bits per heavy atom. The first-order valence-corrected chi connectivity index (χ1v) is 3.89. The van der Waals surface area contributed by atoms with Crippen molar-refractivity contribution in [1.82, 2.24) is 10.2 Å². The number of likely N-dealkylation sites (N-methyl/N-ethyl adjacent to an activating group) is 2. The molecule has 0 bridgehead atoms. The molecule has 0 aromatic heterocycles. The van der Waals surface area contributed by atoms with Crippen molar-refractivity contribution < 1.29 is 4.79 Å². The molecule has 0 aliphatic heterocycles. The van der Waals surface area contributed by atoms with Crippen molar-refractivity contribution in [3.8, 4) is 6.07 Å². The van der Waals surface area contributed by atoms with Crippen molar-refractivity contribution in [2.75, 3.05) is 20.6 Å². The van der Waals surface area contributed by atoms with Gasteiger partial charge in [0.15, 0.2) is 0 Å². The summed E-state index contributed by atoms with van der Waals surface area (Å²) in [6, 6.07) is 2.20. The zero-order valence-corrected chi connectivity index (χ0v) is 7.79. The van der Waals surface area contributed by atoms with Crippen molar-refractivity contribution in [1.29, 1.82) is 5.26 Å². The molecule has 0 aromatic carbocycles. The minimum Gasteiger partial charge on any atom is -0.358 e. The van der Waals surface area contributed by atoms with Gasteiger partial charge in [-0.2, -0.15) is 5.26 Å². The highest BCUT2D eigenvalue weighted by molar-refractivity contribution is 5.77. The summed E-state index contributed by atoms with van der Waals surface area (Å²) in [5.41, 5.74) is 0. The minimum atomic E-state index is -0.0257. The van der Waals surface area contributed by atoms with Gasteiger partial charge in [0.2, 0.25) is 5.91 Å². The van der Waals surface area contributed by atoms with Crippen LogP contribution in [0.25, 0.3) is 0 Å². The largest absolute Gasteiger partial charge is 0.358 e. The topological polar surface area (TPSA) is 56.1 Å². The first kappa shape index (κ1) is 10.9. The van der Waals surface area contributed by atoms with E-state index in [0.29, 0.717) is 13.0 Å². The summed E-state index contributed by atoms with van der Waals surface area (Å²) < 4.78 is 0. The second kappa shape index (κ2) is 5.56. The van der Waals surface area contributed by atoms with Gasteiger partial charge in [-0.3, -0.25) is 9.69 Å². The summed E-state index contributed by atoms with van der Waals surface area (Å²) in [6.07, 6.45) is 0.452. The third kappa shape index (κ3) is 3.94. The van der Waals surface area contributed by atoms with Crippen LogP contribution in [0.1, 0.15) is 13.3 Å². The Balaban J connectivity index is 3.79. The van der Waals surface area contributed by atoms with E-state index in [1.54, 1.807) is 7.05 Å². The average Bonchev–Trinajstić information content (AvgIpc) is 2.04. The number of hydrogen-bond donors (Lipinski definition) is 1. The van der Waals surface area contributed by atoms with Gasteiger partial charge in [0.05, 0.1) is 19.0 Å². The van der Waals surface area contributed by atoms with Crippen molar-refractivity contribution in [2.45, 2.75) is 19.4 Å². The first-order valence-electron chi connectivity index (χ1n) is 3.89. The molecular formula is C8H15N3O. The predicted molar refractivity (Wildman–Crippen MR) is 46.4 cm³/mol. The summed E-state index contributed by atoms with van der Waals surface area (Å²) in [4.78, 5) is 12.7. The molecule has 1 atom stereocenters. The minimum absolute atomic E-state index is 0.0257. The molecule has 12 heavy (non-hydrogen) atoms. The van der Waals surface area contributed by atoms with Gasteiger partial charge in [-0.15, -0.1) is 0 Å². The molecule has 0 rings (SSSR count). The average molecular weight is 169 g/mol. The van der Waals surface area contributed by atoms with E-state index < -0.39 is 0 Å². The molecule has 4 nitrogen and oxygen atoms in total. The van der Waals surface area contributed by atoms with Gasteiger partial charge < -0.3 is 5.32 Å². The number of carbonyl (C=O) groups excluding carboxylic acids is 1. The van der Waals surface area contributed by atoms with Crippen LogP contribution in [0.5, 0.6) is 0 Å². The number of nitrogens with zero attached hydrogens (tertiary/aromatic N) is 2. The summed E-state index contributed by atoms with van der Waals surface area (Å²) in [7, 11) is 3.43. The molecule has 68 valence electrons. The third-order valence-corrected chi connectivity index (χ3v) is 1.81. The van der Waals surface area contributed by atoms with Gasteiger partial charge in [0.1, 0.15) is 0 Å². The van der Waals surface area contributed by atoms with Gasteiger partial charge in [-0.05, 0) is 14.0 Å². The Bertz CT molecular complexity index is 185. The first-order chi connectivity index (χ1) is 5.61. The zero-order valence-electron chi connectivity index (χ0n) is 7.79. The van der Waals surface area contributed by atoms with Gasteiger partial charge in [0, 0.05) is 13.1 Å². The van der Waals surface area contributed by atoms with E-state index in [-0.39, 0.29) is 11.9 Å². The van der Waals surface area contributed by atoms with Crippen molar-refractivity contribution in [3.05, 3.63) is 0 Å².